The van der Waals surface area contributed by atoms with Crippen LogP contribution in [0.4, 0.5) is 0 Å². The SMILES string of the molecule is COc1ccc(-c2c(C)c(C)c(O)c(C)c2C)c(OC)c1OC. The standard InChI is InChI=1S/C19H24O4/c1-10-12(3)17(20)13(4)11(2)16(10)14-8-9-15(21-5)19(23-7)18(14)22-6/h8-9,20H,1-7H3. The molecule has 124 valence electrons. The van der Waals surface area contributed by atoms with Gasteiger partial charge >= 0.3 is 0 Å². The topological polar surface area (TPSA) is 47.9 Å². The number of rotatable bonds is 4. The van der Waals surface area contributed by atoms with Crippen molar-refractivity contribution in [1.29, 1.82) is 0 Å². The zero-order chi connectivity index (χ0) is 17.3. The van der Waals surface area contributed by atoms with Crippen molar-refractivity contribution in [1.82, 2.24) is 0 Å². The minimum Gasteiger partial charge on any atom is -0.507 e. The first-order valence-corrected chi connectivity index (χ1v) is 7.47. The van der Waals surface area contributed by atoms with E-state index in [1.807, 2.05) is 39.8 Å². The third kappa shape index (κ3) is 2.58. The van der Waals surface area contributed by atoms with Crippen LogP contribution < -0.4 is 14.2 Å². The third-order valence-corrected chi connectivity index (χ3v) is 4.56. The molecular formula is C19H24O4. The van der Waals surface area contributed by atoms with E-state index in [4.69, 9.17) is 14.2 Å². The zero-order valence-corrected chi connectivity index (χ0v) is 14.8. The fourth-order valence-electron chi connectivity index (χ4n) is 2.99. The molecule has 2 aromatic rings. The highest BCUT2D eigenvalue weighted by Gasteiger charge is 2.22. The lowest BCUT2D eigenvalue weighted by atomic mass is 9.88. The average molecular weight is 316 g/mol. The van der Waals surface area contributed by atoms with Gasteiger partial charge in [0.1, 0.15) is 5.75 Å². The first-order valence-electron chi connectivity index (χ1n) is 7.47. The molecule has 1 N–H and O–H groups in total. The molecule has 0 aliphatic carbocycles. The number of aromatic hydroxyl groups is 1. The van der Waals surface area contributed by atoms with E-state index in [9.17, 15) is 5.11 Å². The van der Waals surface area contributed by atoms with E-state index in [2.05, 4.69) is 0 Å². The molecule has 0 spiro atoms. The summed E-state index contributed by atoms with van der Waals surface area (Å²) < 4.78 is 16.5. The zero-order valence-electron chi connectivity index (χ0n) is 14.8. The van der Waals surface area contributed by atoms with Crippen molar-refractivity contribution in [2.24, 2.45) is 0 Å². The second kappa shape index (κ2) is 6.41. The second-order valence-electron chi connectivity index (χ2n) is 5.61. The monoisotopic (exact) mass is 316 g/mol. The Morgan fingerprint density at radius 1 is 0.696 bits per heavy atom. The van der Waals surface area contributed by atoms with Crippen molar-refractivity contribution in [3.63, 3.8) is 0 Å². The average Bonchev–Trinajstić information content (AvgIpc) is 2.57. The predicted molar refractivity (Wildman–Crippen MR) is 92.1 cm³/mol. The molecule has 0 aliphatic rings. The fraction of sp³-hybridized carbons (Fsp3) is 0.368. The molecule has 4 heteroatoms. The van der Waals surface area contributed by atoms with E-state index in [0.29, 0.717) is 23.0 Å². The molecular weight excluding hydrogens is 292 g/mol. The lowest BCUT2D eigenvalue weighted by Crippen LogP contribution is -2.01. The molecule has 4 nitrogen and oxygen atoms in total. The van der Waals surface area contributed by atoms with E-state index in [1.54, 1.807) is 21.3 Å². The van der Waals surface area contributed by atoms with Crippen LogP contribution >= 0.6 is 0 Å². The summed E-state index contributed by atoms with van der Waals surface area (Å²) in [5.74, 6) is 2.16. The summed E-state index contributed by atoms with van der Waals surface area (Å²) >= 11 is 0. The number of hydrogen-bond acceptors (Lipinski definition) is 4. The van der Waals surface area contributed by atoms with Gasteiger partial charge in [-0.05, 0) is 67.6 Å². The van der Waals surface area contributed by atoms with E-state index in [-0.39, 0.29) is 0 Å². The minimum absolute atomic E-state index is 0.350. The predicted octanol–water partition coefficient (Wildman–Crippen LogP) is 4.32. The molecule has 2 rings (SSSR count). The highest BCUT2D eigenvalue weighted by molar-refractivity contribution is 5.83. The second-order valence-corrected chi connectivity index (χ2v) is 5.61. The summed E-state index contributed by atoms with van der Waals surface area (Å²) in [4.78, 5) is 0. The summed E-state index contributed by atoms with van der Waals surface area (Å²) in [6.07, 6.45) is 0. The van der Waals surface area contributed by atoms with Gasteiger partial charge in [-0.2, -0.15) is 0 Å². The van der Waals surface area contributed by atoms with Crippen LogP contribution in [0.2, 0.25) is 0 Å². The molecule has 0 heterocycles. The van der Waals surface area contributed by atoms with Crippen LogP contribution in [-0.2, 0) is 0 Å². The van der Waals surface area contributed by atoms with Gasteiger partial charge in [-0.15, -0.1) is 0 Å². The Morgan fingerprint density at radius 2 is 1.22 bits per heavy atom. The number of phenolic OH excluding ortho intramolecular Hbond substituents is 1. The third-order valence-electron chi connectivity index (χ3n) is 4.56. The number of phenols is 1. The summed E-state index contributed by atoms with van der Waals surface area (Å²) in [6, 6.07) is 3.83. The van der Waals surface area contributed by atoms with Gasteiger partial charge in [0.25, 0.3) is 0 Å². The molecule has 0 radical (unpaired) electrons. The molecule has 0 bridgehead atoms. The van der Waals surface area contributed by atoms with Crippen LogP contribution in [0.15, 0.2) is 12.1 Å². The highest BCUT2D eigenvalue weighted by Crippen LogP contribution is 2.47. The van der Waals surface area contributed by atoms with Crippen molar-refractivity contribution in [2.75, 3.05) is 21.3 Å². The van der Waals surface area contributed by atoms with Gasteiger partial charge in [0.15, 0.2) is 11.5 Å². The molecule has 0 amide bonds. The van der Waals surface area contributed by atoms with Crippen molar-refractivity contribution < 1.29 is 19.3 Å². The fourth-order valence-corrected chi connectivity index (χ4v) is 2.99. The van der Waals surface area contributed by atoms with Crippen LogP contribution in [-0.4, -0.2) is 26.4 Å². The smallest absolute Gasteiger partial charge is 0.203 e. The van der Waals surface area contributed by atoms with Crippen molar-refractivity contribution >= 4 is 0 Å². The lowest BCUT2D eigenvalue weighted by Gasteiger charge is -2.21. The molecule has 0 aliphatic heterocycles. The van der Waals surface area contributed by atoms with Crippen molar-refractivity contribution in [2.45, 2.75) is 27.7 Å². The maximum Gasteiger partial charge on any atom is 0.203 e. The van der Waals surface area contributed by atoms with Gasteiger partial charge in [0, 0.05) is 5.56 Å². The van der Waals surface area contributed by atoms with E-state index < -0.39 is 0 Å². The van der Waals surface area contributed by atoms with E-state index >= 15 is 0 Å². The largest absolute Gasteiger partial charge is 0.507 e. The van der Waals surface area contributed by atoms with Crippen LogP contribution in [0.5, 0.6) is 23.0 Å². The Kier molecular flexibility index (Phi) is 4.73. The molecule has 0 saturated carbocycles. The van der Waals surface area contributed by atoms with E-state index in [1.165, 1.54) is 0 Å². The lowest BCUT2D eigenvalue weighted by molar-refractivity contribution is 0.325. The number of benzene rings is 2. The molecule has 2 aromatic carbocycles. The maximum atomic E-state index is 10.3. The van der Waals surface area contributed by atoms with Gasteiger partial charge in [0.05, 0.1) is 21.3 Å². The van der Waals surface area contributed by atoms with Crippen LogP contribution in [0, 0.1) is 27.7 Å². The number of hydrogen-bond donors (Lipinski definition) is 1. The Bertz CT molecular complexity index is 719. The Balaban J connectivity index is 2.88. The normalized spacial score (nSPS) is 10.6. The quantitative estimate of drug-likeness (QED) is 0.912. The molecule has 0 unspecified atom stereocenters. The molecule has 0 atom stereocenters. The molecule has 0 fully saturated rings. The molecule has 0 saturated heterocycles. The first kappa shape index (κ1) is 17.0. The summed E-state index contributed by atoms with van der Waals surface area (Å²) in [7, 11) is 4.81. The van der Waals surface area contributed by atoms with Gasteiger partial charge in [-0.1, -0.05) is 0 Å². The van der Waals surface area contributed by atoms with Gasteiger partial charge in [-0.3, -0.25) is 0 Å². The van der Waals surface area contributed by atoms with Crippen LogP contribution in [0.25, 0.3) is 11.1 Å². The Morgan fingerprint density at radius 3 is 1.65 bits per heavy atom. The molecule has 23 heavy (non-hydrogen) atoms. The van der Waals surface area contributed by atoms with Crippen molar-refractivity contribution in [3.8, 4) is 34.1 Å². The highest BCUT2D eigenvalue weighted by atomic mass is 16.5. The first-order chi connectivity index (χ1) is 10.9. The summed E-state index contributed by atoms with van der Waals surface area (Å²) in [5.41, 5.74) is 5.77. The maximum absolute atomic E-state index is 10.3. The Hall–Kier alpha value is -2.36. The Labute approximate surface area is 137 Å². The van der Waals surface area contributed by atoms with Gasteiger partial charge in [0.2, 0.25) is 5.75 Å². The number of ether oxygens (including phenoxy) is 3. The minimum atomic E-state index is 0.350. The van der Waals surface area contributed by atoms with Gasteiger partial charge in [-0.25, -0.2) is 0 Å². The van der Waals surface area contributed by atoms with Crippen LogP contribution in [0.1, 0.15) is 22.3 Å². The van der Waals surface area contributed by atoms with Crippen LogP contribution in [0.3, 0.4) is 0 Å². The number of methoxy groups -OCH3 is 3. The summed E-state index contributed by atoms with van der Waals surface area (Å²) in [5, 5.41) is 10.3. The summed E-state index contributed by atoms with van der Waals surface area (Å²) in [6.45, 7) is 7.86. The molecule has 0 aromatic heterocycles. The van der Waals surface area contributed by atoms with Gasteiger partial charge < -0.3 is 19.3 Å². The van der Waals surface area contributed by atoms with E-state index in [0.717, 1.165) is 33.4 Å². The van der Waals surface area contributed by atoms with Crippen molar-refractivity contribution in [3.05, 3.63) is 34.4 Å².